The van der Waals surface area contributed by atoms with Gasteiger partial charge in [-0.2, -0.15) is 0 Å². The summed E-state index contributed by atoms with van der Waals surface area (Å²) in [6, 6.07) is 2.51. The fourth-order valence-corrected chi connectivity index (χ4v) is 1.78. The number of carboxylic acid groups (broad SMARTS) is 1. The second-order valence-electron chi connectivity index (χ2n) is 4.55. The van der Waals surface area contributed by atoms with Gasteiger partial charge in [-0.25, -0.2) is 4.79 Å². The lowest BCUT2D eigenvalue weighted by Gasteiger charge is -2.19. The molecule has 0 saturated heterocycles. The zero-order valence-electron chi connectivity index (χ0n) is 11.6. The summed E-state index contributed by atoms with van der Waals surface area (Å²) >= 11 is 0. The molecule has 2 unspecified atom stereocenters. The van der Waals surface area contributed by atoms with Crippen molar-refractivity contribution in [3.05, 3.63) is 29.3 Å². The van der Waals surface area contributed by atoms with Crippen molar-refractivity contribution >= 4 is 5.97 Å². The van der Waals surface area contributed by atoms with Crippen LogP contribution in [0.15, 0.2) is 18.2 Å². The summed E-state index contributed by atoms with van der Waals surface area (Å²) in [4.78, 5) is 10.9. The number of carboxylic acids is 1. The Morgan fingerprint density at radius 1 is 1.32 bits per heavy atom. The molecule has 0 aliphatic rings. The van der Waals surface area contributed by atoms with Gasteiger partial charge in [0.1, 0.15) is 11.9 Å². The summed E-state index contributed by atoms with van der Waals surface area (Å²) in [6.45, 7) is 0.364. The van der Waals surface area contributed by atoms with Crippen LogP contribution in [-0.4, -0.2) is 47.3 Å². The number of hydrogen-bond donors (Lipinski definition) is 4. The van der Waals surface area contributed by atoms with Gasteiger partial charge in [0.25, 0.3) is 0 Å². The maximum atomic E-state index is 12.2. The highest BCUT2D eigenvalue weighted by Gasteiger charge is 2.32. The van der Waals surface area contributed by atoms with E-state index in [0.717, 1.165) is 12.1 Å². The third-order valence-electron chi connectivity index (χ3n) is 2.81. The summed E-state index contributed by atoms with van der Waals surface area (Å²) in [7, 11) is 1.62. The highest BCUT2D eigenvalue weighted by atomic mass is 19.4. The minimum absolute atomic E-state index is 0.129. The number of rotatable bonds is 7. The van der Waals surface area contributed by atoms with E-state index >= 15 is 0 Å². The van der Waals surface area contributed by atoms with Gasteiger partial charge in [-0.15, -0.1) is 13.2 Å². The topological polar surface area (TPSA) is 99.0 Å². The van der Waals surface area contributed by atoms with Crippen LogP contribution < -0.4 is 10.1 Å². The molecule has 1 aromatic rings. The Balaban J connectivity index is 3.09. The predicted molar refractivity (Wildman–Crippen MR) is 69.6 cm³/mol. The summed E-state index contributed by atoms with van der Waals surface area (Å²) in [6.07, 6.45) is -7.67. The van der Waals surface area contributed by atoms with Crippen molar-refractivity contribution in [1.29, 1.82) is 0 Å². The lowest BCUT2D eigenvalue weighted by molar-refractivity contribution is -0.274. The molecule has 6 nitrogen and oxygen atoms in total. The second-order valence-corrected chi connectivity index (χ2v) is 4.55. The molecule has 1 rings (SSSR count). The average molecular weight is 323 g/mol. The number of aliphatic hydroxyl groups is 2. The zero-order valence-corrected chi connectivity index (χ0v) is 11.6. The molecule has 0 heterocycles. The lowest BCUT2D eigenvalue weighted by atomic mass is 9.99. The van der Waals surface area contributed by atoms with Crippen molar-refractivity contribution in [2.24, 2.45) is 0 Å². The third kappa shape index (κ3) is 5.51. The van der Waals surface area contributed by atoms with Crippen molar-refractivity contribution in [3.8, 4) is 5.75 Å². The maximum Gasteiger partial charge on any atom is 0.573 e. The third-order valence-corrected chi connectivity index (χ3v) is 2.81. The number of carbonyl (C=O) groups is 1. The molecule has 22 heavy (non-hydrogen) atoms. The van der Waals surface area contributed by atoms with E-state index in [-0.39, 0.29) is 12.0 Å². The number of aliphatic hydroxyl groups excluding tert-OH is 2. The molecule has 0 aliphatic carbocycles. The van der Waals surface area contributed by atoms with Crippen LogP contribution in [0.25, 0.3) is 0 Å². The van der Waals surface area contributed by atoms with E-state index in [1.54, 1.807) is 7.05 Å². The van der Waals surface area contributed by atoms with Crippen LogP contribution in [0.4, 0.5) is 13.2 Å². The Morgan fingerprint density at radius 2 is 1.95 bits per heavy atom. The fraction of sp³-hybridized carbons (Fsp3) is 0.462. The van der Waals surface area contributed by atoms with Gasteiger partial charge in [0.2, 0.25) is 0 Å². The molecule has 0 aromatic heterocycles. The molecule has 2 atom stereocenters. The molecule has 0 aliphatic heterocycles. The molecular weight excluding hydrogens is 307 g/mol. The van der Waals surface area contributed by atoms with Gasteiger partial charge in [0, 0.05) is 0 Å². The first kappa shape index (κ1) is 18.2. The van der Waals surface area contributed by atoms with Crippen molar-refractivity contribution in [3.63, 3.8) is 0 Å². The summed E-state index contributed by atoms with van der Waals surface area (Å²) in [5.41, 5.74) is -0.667. The van der Waals surface area contributed by atoms with Crippen molar-refractivity contribution in [2.45, 2.75) is 25.0 Å². The Morgan fingerprint density at radius 3 is 2.45 bits per heavy atom. The first-order chi connectivity index (χ1) is 10.1. The Labute approximate surface area is 124 Å². The number of hydrogen-bond acceptors (Lipinski definition) is 5. The van der Waals surface area contributed by atoms with Gasteiger partial charge in [0.15, 0.2) is 0 Å². The molecule has 0 saturated carbocycles. The molecule has 124 valence electrons. The van der Waals surface area contributed by atoms with Gasteiger partial charge >= 0.3 is 12.3 Å². The second kappa shape index (κ2) is 7.43. The number of nitrogens with one attached hydrogen (secondary N) is 1. The molecule has 0 radical (unpaired) electrons. The normalized spacial score (nSPS) is 14.5. The van der Waals surface area contributed by atoms with E-state index in [1.165, 1.54) is 0 Å². The Bertz CT molecular complexity index is 521. The molecular formula is C13H16F3NO5. The molecule has 4 N–H and O–H groups in total. The standard InChI is InChI=1S/C13H16F3NO5/c1-17-3-2-10(18)11(19)7-4-8(12(20)21)6-9(5-7)22-13(14,15)16/h4-6,10-11,17-19H,2-3H2,1H3,(H,20,21). The summed E-state index contributed by atoms with van der Waals surface area (Å²) in [5, 5.41) is 31.3. The van der Waals surface area contributed by atoms with Gasteiger partial charge in [-0.05, 0) is 43.8 Å². The van der Waals surface area contributed by atoms with Gasteiger partial charge < -0.3 is 25.4 Å². The van der Waals surface area contributed by atoms with Crippen LogP contribution >= 0.6 is 0 Å². The molecule has 0 amide bonds. The maximum absolute atomic E-state index is 12.2. The van der Waals surface area contributed by atoms with Crippen LogP contribution in [0.5, 0.6) is 5.75 Å². The van der Waals surface area contributed by atoms with Crippen LogP contribution in [-0.2, 0) is 0 Å². The van der Waals surface area contributed by atoms with E-state index < -0.39 is 35.9 Å². The molecule has 0 bridgehead atoms. The monoisotopic (exact) mass is 323 g/mol. The molecule has 1 aromatic carbocycles. The number of benzene rings is 1. The van der Waals surface area contributed by atoms with Crippen LogP contribution in [0.3, 0.4) is 0 Å². The van der Waals surface area contributed by atoms with Crippen LogP contribution in [0.2, 0.25) is 0 Å². The number of ether oxygens (including phenoxy) is 1. The number of halogens is 3. The summed E-state index contributed by atoms with van der Waals surface area (Å²) < 4.78 is 40.4. The minimum atomic E-state index is -5.00. The smallest absolute Gasteiger partial charge is 0.478 e. The van der Waals surface area contributed by atoms with Gasteiger partial charge in [-0.1, -0.05) is 0 Å². The molecule has 9 heteroatoms. The van der Waals surface area contributed by atoms with Crippen molar-refractivity contribution < 1.29 is 38.0 Å². The van der Waals surface area contributed by atoms with Crippen molar-refractivity contribution in [1.82, 2.24) is 5.32 Å². The summed E-state index contributed by atoms with van der Waals surface area (Å²) in [5.74, 6) is -2.26. The molecule has 0 fully saturated rings. The van der Waals surface area contributed by atoms with E-state index in [1.807, 2.05) is 0 Å². The van der Waals surface area contributed by atoms with Crippen LogP contribution in [0.1, 0.15) is 28.4 Å². The number of aromatic carboxylic acids is 1. The van der Waals surface area contributed by atoms with Gasteiger partial charge in [-0.3, -0.25) is 0 Å². The van der Waals surface area contributed by atoms with E-state index in [0.29, 0.717) is 12.6 Å². The first-order valence-corrected chi connectivity index (χ1v) is 6.29. The SMILES string of the molecule is CNCCC(O)C(O)c1cc(OC(F)(F)F)cc(C(=O)O)c1. The Hall–Kier alpha value is -1.84. The van der Waals surface area contributed by atoms with E-state index in [9.17, 15) is 28.2 Å². The molecule has 0 spiro atoms. The lowest BCUT2D eigenvalue weighted by Crippen LogP contribution is -2.24. The highest BCUT2D eigenvalue weighted by molar-refractivity contribution is 5.88. The van der Waals surface area contributed by atoms with Crippen molar-refractivity contribution in [2.75, 3.05) is 13.6 Å². The predicted octanol–water partition coefficient (Wildman–Crippen LogP) is 1.29. The van der Waals surface area contributed by atoms with E-state index in [4.69, 9.17) is 5.11 Å². The quantitative estimate of drug-likeness (QED) is 0.603. The minimum Gasteiger partial charge on any atom is -0.478 e. The van der Waals surface area contributed by atoms with Gasteiger partial charge in [0.05, 0.1) is 11.7 Å². The van der Waals surface area contributed by atoms with E-state index in [2.05, 4.69) is 10.1 Å². The first-order valence-electron chi connectivity index (χ1n) is 6.29. The van der Waals surface area contributed by atoms with Crippen LogP contribution in [0, 0.1) is 0 Å². The Kier molecular flexibility index (Phi) is 6.15. The fourth-order valence-electron chi connectivity index (χ4n) is 1.78. The average Bonchev–Trinajstić information content (AvgIpc) is 2.41. The zero-order chi connectivity index (χ0) is 16.9. The number of alkyl halides is 3. The largest absolute Gasteiger partial charge is 0.573 e. The highest BCUT2D eigenvalue weighted by Crippen LogP contribution is 2.29.